The molecule has 3 rings (SSSR count). The molecule has 2 heterocycles. The van der Waals surface area contributed by atoms with Gasteiger partial charge in [-0.05, 0) is 31.2 Å². The molecule has 24 heavy (non-hydrogen) atoms. The number of nitrogens with zero attached hydrogens (tertiary/aromatic N) is 3. The van der Waals surface area contributed by atoms with Gasteiger partial charge in [-0.15, -0.1) is 0 Å². The largest absolute Gasteiger partial charge is 0.486 e. The van der Waals surface area contributed by atoms with Crippen LogP contribution >= 0.6 is 11.8 Å². The number of fused-ring (bicyclic) bond motifs is 1. The van der Waals surface area contributed by atoms with E-state index < -0.39 is 0 Å². The van der Waals surface area contributed by atoms with Crippen LogP contribution in [0, 0.1) is 16.9 Å². The van der Waals surface area contributed by atoms with Crippen LogP contribution in [0.25, 0.3) is 0 Å². The fourth-order valence-corrected chi connectivity index (χ4v) is 3.58. The summed E-state index contributed by atoms with van der Waals surface area (Å²) < 4.78 is 11.8. The number of benzene rings is 1. The molecule has 1 aromatic rings. The molecule has 1 unspecified atom stereocenters. The zero-order valence-electron chi connectivity index (χ0n) is 13.8. The Morgan fingerprint density at radius 1 is 1.38 bits per heavy atom. The van der Waals surface area contributed by atoms with Crippen molar-refractivity contribution in [2.45, 2.75) is 25.0 Å². The summed E-state index contributed by atoms with van der Waals surface area (Å²) in [4.78, 5) is 3.90. The minimum absolute atomic E-state index is 0.0352. The maximum atomic E-state index is 9.27. The smallest absolute Gasteiger partial charge is 0.186 e. The number of piperidine rings is 1. The summed E-state index contributed by atoms with van der Waals surface area (Å²) in [5.74, 6) is 1.63. The SMILES string of the molecule is CSC(=N)N(C#N)C1CCN(CC2COc3ccccc3O2)CC1. The Kier molecular flexibility index (Phi) is 5.48. The molecule has 1 aromatic carbocycles. The highest BCUT2D eigenvalue weighted by Crippen LogP contribution is 2.31. The molecule has 0 saturated carbocycles. The van der Waals surface area contributed by atoms with E-state index >= 15 is 0 Å². The van der Waals surface area contributed by atoms with E-state index in [1.165, 1.54) is 11.8 Å². The lowest BCUT2D eigenvalue weighted by molar-refractivity contribution is 0.0478. The Balaban J connectivity index is 1.50. The Morgan fingerprint density at radius 3 is 2.75 bits per heavy atom. The summed E-state index contributed by atoms with van der Waals surface area (Å²) in [7, 11) is 0. The van der Waals surface area contributed by atoms with E-state index in [1.54, 1.807) is 4.90 Å². The fourth-order valence-electron chi connectivity index (χ4n) is 3.19. The van der Waals surface area contributed by atoms with Crippen LogP contribution in [0.3, 0.4) is 0 Å². The average Bonchev–Trinajstić information content (AvgIpc) is 2.63. The van der Waals surface area contributed by atoms with Gasteiger partial charge in [0.15, 0.2) is 22.9 Å². The summed E-state index contributed by atoms with van der Waals surface area (Å²) in [6.45, 7) is 3.21. The van der Waals surface area contributed by atoms with Crippen molar-refractivity contribution in [1.82, 2.24) is 9.80 Å². The normalized spacial score (nSPS) is 21.1. The highest BCUT2D eigenvalue weighted by molar-refractivity contribution is 8.13. The van der Waals surface area contributed by atoms with E-state index in [9.17, 15) is 5.26 Å². The zero-order chi connectivity index (χ0) is 16.9. The number of rotatable bonds is 3. The molecule has 128 valence electrons. The molecular weight excluding hydrogens is 324 g/mol. The van der Waals surface area contributed by atoms with E-state index in [0.717, 1.165) is 44.0 Å². The summed E-state index contributed by atoms with van der Waals surface area (Å²) in [5, 5.41) is 17.5. The van der Waals surface area contributed by atoms with Gasteiger partial charge in [-0.1, -0.05) is 23.9 Å². The second-order valence-corrected chi connectivity index (χ2v) is 6.80. The van der Waals surface area contributed by atoms with Gasteiger partial charge in [-0.3, -0.25) is 15.2 Å². The number of ether oxygens (including phenoxy) is 2. The lowest BCUT2D eigenvalue weighted by Gasteiger charge is -2.37. The lowest BCUT2D eigenvalue weighted by Crippen LogP contribution is -2.48. The molecule has 1 saturated heterocycles. The monoisotopic (exact) mass is 346 g/mol. The molecule has 1 fully saturated rings. The van der Waals surface area contributed by atoms with Crippen LogP contribution in [-0.2, 0) is 0 Å². The first kappa shape index (κ1) is 16.9. The van der Waals surface area contributed by atoms with Gasteiger partial charge in [0.25, 0.3) is 0 Å². The third kappa shape index (κ3) is 3.77. The molecule has 2 aliphatic heterocycles. The molecule has 0 amide bonds. The number of thioether (sulfide) groups is 1. The Morgan fingerprint density at radius 2 is 2.08 bits per heavy atom. The van der Waals surface area contributed by atoms with Crippen molar-refractivity contribution in [3.8, 4) is 17.7 Å². The molecule has 0 aromatic heterocycles. The third-order valence-electron chi connectivity index (χ3n) is 4.47. The number of nitriles is 1. The standard InChI is InChI=1S/C17H22N4O2S/c1-24-17(19)21(12-18)13-6-8-20(9-7-13)10-14-11-22-15-4-2-3-5-16(15)23-14/h2-5,13-14,19H,6-11H2,1H3. The van der Waals surface area contributed by atoms with Crippen molar-refractivity contribution in [1.29, 1.82) is 10.7 Å². The Labute approximate surface area is 146 Å². The van der Waals surface area contributed by atoms with Gasteiger partial charge in [0, 0.05) is 25.7 Å². The van der Waals surface area contributed by atoms with E-state index in [1.807, 2.05) is 30.5 Å². The van der Waals surface area contributed by atoms with Gasteiger partial charge in [0.1, 0.15) is 12.7 Å². The van der Waals surface area contributed by atoms with Crippen molar-refractivity contribution in [2.24, 2.45) is 0 Å². The summed E-state index contributed by atoms with van der Waals surface area (Å²) >= 11 is 1.31. The minimum Gasteiger partial charge on any atom is -0.486 e. The van der Waals surface area contributed by atoms with Gasteiger partial charge in [-0.25, -0.2) is 0 Å². The van der Waals surface area contributed by atoms with Crippen LogP contribution in [0.1, 0.15) is 12.8 Å². The molecule has 7 heteroatoms. The molecule has 0 spiro atoms. The molecule has 6 nitrogen and oxygen atoms in total. The second-order valence-electron chi connectivity index (χ2n) is 6.01. The molecule has 0 radical (unpaired) electrons. The van der Waals surface area contributed by atoms with Crippen molar-refractivity contribution < 1.29 is 9.47 Å². The van der Waals surface area contributed by atoms with Gasteiger partial charge in [0.2, 0.25) is 0 Å². The molecule has 0 bridgehead atoms. The zero-order valence-corrected chi connectivity index (χ0v) is 14.6. The number of para-hydroxylation sites is 2. The van der Waals surface area contributed by atoms with Gasteiger partial charge >= 0.3 is 0 Å². The summed E-state index contributed by atoms with van der Waals surface area (Å²) in [6, 6.07) is 7.89. The van der Waals surface area contributed by atoms with E-state index in [-0.39, 0.29) is 12.1 Å². The summed E-state index contributed by atoms with van der Waals surface area (Å²) in [5.41, 5.74) is 0. The lowest BCUT2D eigenvalue weighted by atomic mass is 10.0. The number of likely N-dealkylation sites (tertiary alicyclic amines) is 1. The minimum atomic E-state index is 0.0352. The predicted octanol–water partition coefficient (Wildman–Crippen LogP) is 2.37. The van der Waals surface area contributed by atoms with Crippen LogP contribution < -0.4 is 9.47 Å². The maximum absolute atomic E-state index is 9.27. The second kappa shape index (κ2) is 7.77. The van der Waals surface area contributed by atoms with E-state index in [4.69, 9.17) is 14.9 Å². The Bertz CT molecular complexity index is 625. The van der Waals surface area contributed by atoms with E-state index in [0.29, 0.717) is 11.8 Å². The number of hydrogen-bond acceptors (Lipinski definition) is 6. The first-order valence-corrected chi connectivity index (χ1v) is 9.36. The topological polar surface area (TPSA) is 72.6 Å². The first-order chi connectivity index (χ1) is 11.7. The van der Waals surface area contributed by atoms with Crippen LogP contribution in [0.2, 0.25) is 0 Å². The molecule has 2 aliphatic rings. The Hall–Kier alpha value is -1.91. The fraction of sp³-hybridized carbons (Fsp3) is 0.529. The van der Waals surface area contributed by atoms with Gasteiger partial charge in [-0.2, -0.15) is 5.26 Å². The van der Waals surface area contributed by atoms with Gasteiger partial charge < -0.3 is 9.47 Å². The van der Waals surface area contributed by atoms with Gasteiger partial charge in [0.05, 0.1) is 0 Å². The van der Waals surface area contributed by atoms with Crippen molar-refractivity contribution in [2.75, 3.05) is 32.5 Å². The van der Waals surface area contributed by atoms with Crippen molar-refractivity contribution >= 4 is 16.9 Å². The molecular formula is C17H22N4O2S. The van der Waals surface area contributed by atoms with Crippen molar-refractivity contribution in [3.05, 3.63) is 24.3 Å². The van der Waals surface area contributed by atoms with Crippen molar-refractivity contribution in [3.63, 3.8) is 0 Å². The van der Waals surface area contributed by atoms with Crippen LogP contribution in [-0.4, -0.2) is 59.6 Å². The third-order valence-corrected chi connectivity index (χ3v) is 5.05. The average molecular weight is 346 g/mol. The quantitative estimate of drug-likeness (QED) is 0.392. The molecule has 1 atom stereocenters. The number of amidine groups is 1. The molecule has 1 N–H and O–H groups in total. The highest BCUT2D eigenvalue weighted by atomic mass is 32.2. The number of nitrogens with one attached hydrogen (secondary N) is 1. The van der Waals surface area contributed by atoms with E-state index in [2.05, 4.69) is 11.1 Å². The highest BCUT2D eigenvalue weighted by Gasteiger charge is 2.29. The first-order valence-electron chi connectivity index (χ1n) is 8.13. The molecule has 0 aliphatic carbocycles. The van der Waals surface area contributed by atoms with Crippen LogP contribution in [0.15, 0.2) is 24.3 Å². The summed E-state index contributed by atoms with van der Waals surface area (Å²) in [6.07, 6.45) is 5.80. The van der Waals surface area contributed by atoms with Crippen LogP contribution in [0.4, 0.5) is 0 Å². The van der Waals surface area contributed by atoms with Crippen LogP contribution in [0.5, 0.6) is 11.5 Å². The number of hydrogen-bond donors (Lipinski definition) is 1. The maximum Gasteiger partial charge on any atom is 0.186 e. The predicted molar refractivity (Wildman–Crippen MR) is 94.5 cm³/mol.